The van der Waals surface area contributed by atoms with Crippen LogP contribution in [0.4, 0.5) is 11.5 Å². The van der Waals surface area contributed by atoms with Gasteiger partial charge >= 0.3 is 0 Å². The summed E-state index contributed by atoms with van der Waals surface area (Å²) in [6, 6.07) is 12.6. The van der Waals surface area contributed by atoms with Crippen molar-refractivity contribution >= 4 is 17.4 Å². The number of likely N-dealkylation sites (tertiary alicyclic amines) is 1. The molecule has 3 fully saturated rings. The number of para-hydroxylation sites is 1. The Labute approximate surface area is 176 Å². The summed E-state index contributed by atoms with van der Waals surface area (Å²) in [5.74, 6) is -0.192. The summed E-state index contributed by atoms with van der Waals surface area (Å²) in [7, 11) is 0. The summed E-state index contributed by atoms with van der Waals surface area (Å²) in [4.78, 5) is 14.6. The number of rotatable bonds is 5. The van der Waals surface area contributed by atoms with Crippen molar-refractivity contribution in [2.45, 2.75) is 50.6 Å². The highest BCUT2D eigenvalue weighted by Gasteiger charge is 2.50. The first-order valence-corrected chi connectivity index (χ1v) is 10.9. The molecule has 3 unspecified atom stereocenters. The Morgan fingerprint density at radius 3 is 2.63 bits per heavy atom. The molecule has 3 aliphatic rings. The van der Waals surface area contributed by atoms with E-state index < -0.39 is 5.91 Å². The number of aromatic nitrogens is 2. The molecule has 2 saturated carbocycles. The quantitative estimate of drug-likeness (QED) is 0.795. The first-order valence-electron chi connectivity index (χ1n) is 10.9. The molecule has 3 atom stereocenters. The number of nitrogens with one attached hydrogen (secondary N) is 1. The zero-order chi connectivity index (χ0) is 20.7. The van der Waals surface area contributed by atoms with Gasteiger partial charge in [0.25, 0.3) is 5.91 Å². The van der Waals surface area contributed by atoms with Gasteiger partial charge in [0.05, 0.1) is 18.0 Å². The predicted octanol–water partition coefficient (Wildman–Crippen LogP) is 3.44. The molecule has 1 aromatic heterocycles. The molecule has 7 nitrogen and oxygen atoms in total. The molecule has 2 aromatic rings. The van der Waals surface area contributed by atoms with Gasteiger partial charge in [0.15, 0.2) is 5.82 Å². The van der Waals surface area contributed by atoms with Gasteiger partial charge in [0, 0.05) is 31.0 Å². The van der Waals surface area contributed by atoms with Gasteiger partial charge in [-0.25, -0.2) is 0 Å². The minimum atomic E-state index is -0.520. The maximum Gasteiger partial charge on any atom is 0.254 e. The van der Waals surface area contributed by atoms with Crippen LogP contribution in [0.1, 0.15) is 54.9 Å². The molecular formula is C23H28N6O. The number of hydrogen-bond acceptors (Lipinski definition) is 5. The van der Waals surface area contributed by atoms with Crippen molar-refractivity contribution < 1.29 is 4.79 Å². The van der Waals surface area contributed by atoms with Crippen LogP contribution in [0.3, 0.4) is 0 Å². The van der Waals surface area contributed by atoms with Crippen molar-refractivity contribution in [3.05, 3.63) is 42.1 Å². The largest absolute Gasteiger partial charge is 0.365 e. The number of nitrogens with zero attached hydrogens (tertiary/aromatic N) is 4. The fourth-order valence-corrected chi connectivity index (χ4v) is 5.48. The van der Waals surface area contributed by atoms with Crippen molar-refractivity contribution in [1.82, 2.24) is 14.7 Å². The third-order valence-corrected chi connectivity index (χ3v) is 7.33. The Balaban J connectivity index is 1.31. The van der Waals surface area contributed by atoms with Gasteiger partial charge in [-0.1, -0.05) is 24.6 Å². The average molecular weight is 405 g/mol. The van der Waals surface area contributed by atoms with E-state index in [2.05, 4.69) is 21.4 Å². The van der Waals surface area contributed by atoms with Gasteiger partial charge in [-0.2, -0.15) is 10.4 Å². The van der Waals surface area contributed by atoms with Gasteiger partial charge in [-0.05, 0) is 49.7 Å². The first-order chi connectivity index (χ1) is 14.6. The molecule has 3 N–H and O–H groups in total. The van der Waals surface area contributed by atoms with Crippen LogP contribution in [0.15, 0.2) is 36.5 Å². The highest BCUT2D eigenvalue weighted by Crippen LogP contribution is 2.50. The van der Waals surface area contributed by atoms with E-state index in [1.807, 2.05) is 30.3 Å². The third-order valence-electron chi connectivity index (χ3n) is 7.33. The fourth-order valence-electron chi connectivity index (χ4n) is 5.48. The lowest BCUT2D eigenvalue weighted by Crippen LogP contribution is -2.63. The fraction of sp³-hybridized carbons (Fsp3) is 0.522. The van der Waals surface area contributed by atoms with Gasteiger partial charge in [0.1, 0.15) is 5.56 Å². The lowest BCUT2D eigenvalue weighted by Gasteiger charge is -2.59. The molecule has 0 radical (unpaired) electrons. The van der Waals surface area contributed by atoms with Gasteiger partial charge in [-0.3, -0.25) is 14.4 Å². The van der Waals surface area contributed by atoms with Crippen molar-refractivity contribution in [3.63, 3.8) is 0 Å². The van der Waals surface area contributed by atoms with Crippen LogP contribution in [0, 0.1) is 22.7 Å². The Kier molecular flexibility index (Phi) is 4.75. The predicted molar refractivity (Wildman–Crippen MR) is 114 cm³/mol. The molecule has 1 saturated heterocycles. The van der Waals surface area contributed by atoms with Crippen LogP contribution in [0.5, 0.6) is 0 Å². The number of carbonyl (C=O) groups excluding carboxylic acids is 1. The zero-order valence-corrected chi connectivity index (χ0v) is 17.1. The summed E-state index contributed by atoms with van der Waals surface area (Å²) in [6.45, 7) is 2.42. The number of anilines is 2. The van der Waals surface area contributed by atoms with E-state index >= 15 is 0 Å². The van der Waals surface area contributed by atoms with E-state index in [4.69, 9.17) is 5.73 Å². The van der Waals surface area contributed by atoms with E-state index in [0.717, 1.165) is 24.9 Å². The summed E-state index contributed by atoms with van der Waals surface area (Å²) >= 11 is 0. The summed E-state index contributed by atoms with van der Waals surface area (Å²) < 4.78 is 1.79. The maximum absolute atomic E-state index is 12.0. The summed E-state index contributed by atoms with van der Waals surface area (Å²) in [6.07, 6.45) is 8.65. The number of nitriles is 1. The second-order valence-electron chi connectivity index (χ2n) is 9.26. The lowest BCUT2D eigenvalue weighted by molar-refractivity contribution is -0.0941. The highest BCUT2D eigenvalue weighted by atomic mass is 16.1. The van der Waals surface area contributed by atoms with E-state index in [9.17, 15) is 10.1 Å². The van der Waals surface area contributed by atoms with E-state index in [1.165, 1.54) is 32.4 Å². The molecule has 1 aromatic carbocycles. The molecule has 30 heavy (non-hydrogen) atoms. The lowest BCUT2D eigenvalue weighted by atomic mass is 9.62. The number of carbonyl (C=O) groups is 1. The molecule has 156 valence electrons. The first kappa shape index (κ1) is 19.1. The van der Waals surface area contributed by atoms with E-state index in [-0.39, 0.29) is 12.0 Å². The number of amides is 1. The van der Waals surface area contributed by atoms with Crippen molar-refractivity contribution in [2.75, 3.05) is 18.4 Å². The number of primary amides is 1. The number of hydrogen-bond donors (Lipinski definition) is 2. The Hall–Kier alpha value is -2.85. The normalized spacial score (nSPS) is 27.6. The van der Waals surface area contributed by atoms with Gasteiger partial charge < -0.3 is 11.1 Å². The molecule has 7 heteroatoms. The third kappa shape index (κ3) is 3.35. The Morgan fingerprint density at radius 2 is 2.00 bits per heavy atom. The molecule has 5 rings (SSSR count). The standard InChI is InChI=1S/C23H28N6O/c24-12-16-11-18(28-14-23(15-28)9-4-10-23)7-8-20(16)29-13-19(21(25)30)22(27-29)26-17-5-2-1-3-6-17/h1-3,5-6,13,16,18,20H,4,7-11,14-15H2,(H2,25,30)(H,26,27). The molecular weight excluding hydrogens is 376 g/mol. The minimum Gasteiger partial charge on any atom is -0.365 e. The molecule has 0 bridgehead atoms. The second kappa shape index (κ2) is 7.44. The number of nitrogens with two attached hydrogens (primary N) is 1. The molecule has 2 aliphatic carbocycles. The summed E-state index contributed by atoms with van der Waals surface area (Å²) in [5, 5.41) is 17.7. The molecule has 1 amide bonds. The van der Waals surface area contributed by atoms with Gasteiger partial charge in [0.2, 0.25) is 0 Å². The number of benzene rings is 1. The van der Waals surface area contributed by atoms with E-state index in [1.54, 1.807) is 10.9 Å². The average Bonchev–Trinajstić information content (AvgIpc) is 3.10. The van der Waals surface area contributed by atoms with Crippen LogP contribution < -0.4 is 11.1 Å². The van der Waals surface area contributed by atoms with Crippen LogP contribution >= 0.6 is 0 Å². The van der Waals surface area contributed by atoms with Crippen LogP contribution in [-0.2, 0) is 0 Å². The Bertz CT molecular complexity index is 965. The molecule has 2 heterocycles. The summed E-state index contributed by atoms with van der Waals surface area (Å²) in [5.41, 5.74) is 7.41. The highest BCUT2D eigenvalue weighted by molar-refractivity contribution is 5.98. The van der Waals surface area contributed by atoms with Crippen LogP contribution in [-0.4, -0.2) is 39.7 Å². The maximum atomic E-state index is 12.0. The van der Waals surface area contributed by atoms with E-state index in [0.29, 0.717) is 22.8 Å². The zero-order valence-electron chi connectivity index (χ0n) is 17.1. The van der Waals surface area contributed by atoms with Gasteiger partial charge in [-0.15, -0.1) is 0 Å². The topological polar surface area (TPSA) is 100.0 Å². The molecule has 1 aliphatic heterocycles. The monoisotopic (exact) mass is 404 g/mol. The second-order valence-corrected chi connectivity index (χ2v) is 9.26. The smallest absolute Gasteiger partial charge is 0.254 e. The van der Waals surface area contributed by atoms with Crippen molar-refractivity contribution in [2.24, 2.45) is 17.1 Å². The Morgan fingerprint density at radius 1 is 1.23 bits per heavy atom. The van der Waals surface area contributed by atoms with Crippen molar-refractivity contribution in [3.8, 4) is 6.07 Å². The van der Waals surface area contributed by atoms with Crippen LogP contribution in [0.2, 0.25) is 0 Å². The van der Waals surface area contributed by atoms with Crippen molar-refractivity contribution in [1.29, 1.82) is 5.26 Å². The molecule has 1 spiro atoms. The van der Waals surface area contributed by atoms with Crippen LogP contribution in [0.25, 0.3) is 0 Å². The SMILES string of the molecule is N#CC1CC(N2CC3(CCC3)C2)CCC1n1cc(C(N)=O)c(Nc2ccccc2)n1. The minimum absolute atomic E-state index is 0.0328.